The fraction of sp³-hybridized carbons (Fsp3) is 0.444. The number of amides is 2. The van der Waals surface area contributed by atoms with E-state index >= 15 is 0 Å². The van der Waals surface area contributed by atoms with Crippen LogP contribution in [0, 0.1) is 11.8 Å². The molecule has 1 heterocycles. The lowest BCUT2D eigenvalue weighted by atomic mass is 9.95. The van der Waals surface area contributed by atoms with Crippen LogP contribution in [0.1, 0.15) is 50.2 Å². The van der Waals surface area contributed by atoms with Crippen molar-refractivity contribution in [1.29, 1.82) is 0 Å². The molecule has 0 radical (unpaired) electrons. The number of nitrogens with one attached hydrogen (secondary N) is 1. The van der Waals surface area contributed by atoms with Crippen LogP contribution < -0.4 is 5.32 Å². The molecule has 2 unspecified atom stereocenters. The van der Waals surface area contributed by atoms with E-state index in [1.807, 2.05) is 38.1 Å². The van der Waals surface area contributed by atoms with Crippen LogP contribution in [-0.4, -0.2) is 53.7 Å². The van der Waals surface area contributed by atoms with Gasteiger partial charge in [0, 0.05) is 31.5 Å². The number of nitrogens with zero attached hydrogens (tertiary/aromatic N) is 1. The highest BCUT2D eigenvalue weighted by atomic mass is 16.5. The number of rotatable bonds is 8. The Morgan fingerprint density at radius 2 is 1.68 bits per heavy atom. The molecule has 0 spiro atoms. The number of ether oxygens (including phenoxy) is 1. The molecule has 0 bridgehead atoms. The molecule has 7 nitrogen and oxygen atoms in total. The first-order valence-corrected chi connectivity index (χ1v) is 12.0. The van der Waals surface area contributed by atoms with Gasteiger partial charge in [-0.2, -0.15) is 0 Å². The molecule has 2 N–H and O–H groups in total. The van der Waals surface area contributed by atoms with Crippen LogP contribution in [0.15, 0.2) is 48.5 Å². The van der Waals surface area contributed by atoms with Gasteiger partial charge in [-0.25, -0.2) is 4.79 Å². The smallest absolute Gasteiger partial charge is 0.407 e. The number of carboxylic acids is 1. The summed E-state index contributed by atoms with van der Waals surface area (Å²) in [6.07, 6.45) is 0.311. The molecule has 1 fully saturated rings. The van der Waals surface area contributed by atoms with Crippen LogP contribution in [0.3, 0.4) is 0 Å². The molecule has 1 aliphatic carbocycles. The average molecular weight is 465 g/mol. The Kier molecular flexibility index (Phi) is 7.20. The number of carbonyl (C=O) groups is 3. The van der Waals surface area contributed by atoms with Gasteiger partial charge in [0.2, 0.25) is 5.91 Å². The van der Waals surface area contributed by atoms with Crippen molar-refractivity contribution in [2.24, 2.45) is 11.8 Å². The highest BCUT2D eigenvalue weighted by molar-refractivity contribution is 5.80. The third kappa shape index (κ3) is 5.08. The Morgan fingerprint density at radius 1 is 1.06 bits per heavy atom. The number of hydrogen-bond donors (Lipinski definition) is 2. The molecule has 180 valence electrons. The van der Waals surface area contributed by atoms with Crippen molar-refractivity contribution >= 4 is 18.0 Å². The second-order valence-electron chi connectivity index (χ2n) is 9.41. The van der Waals surface area contributed by atoms with Gasteiger partial charge in [0.1, 0.15) is 6.61 Å². The molecule has 2 aromatic carbocycles. The zero-order valence-corrected chi connectivity index (χ0v) is 19.7. The SMILES string of the molecule is CC[C@H](CC(=O)N1CC(C)C(CC(=O)O)C1)NC(=O)OCC1c2ccccc2-c2ccccc21. The third-order valence-corrected chi connectivity index (χ3v) is 7.14. The molecule has 1 saturated heterocycles. The van der Waals surface area contributed by atoms with Gasteiger partial charge >= 0.3 is 12.1 Å². The first kappa shape index (κ1) is 23.8. The van der Waals surface area contributed by atoms with Gasteiger partial charge in [0.05, 0.1) is 6.42 Å². The maximum absolute atomic E-state index is 12.8. The topological polar surface area (TPSA) is 95.9 Å². The lowest BCUT2D eigenvalue weighted by molar-refractivity contribution is -0.138. The minimum Gasteiger partial charge on any atom is -0.481 e. The average Bonchev–Trinajstić information content (AvgIpc) is 3.34. The molecule has 0 saturated carbocycles. The zero-order chi connectivity index (χ0) is 24.2. The number of hydrogen-bond acceptors (Lipinski definition) is 4. The number of fused-ring (bicyclic) bond motifs is 3. The molecule has 34 heavy (non-hydrogen) atoms. The highest BCUT2D eigenvalue weighted by Crippen LogP contribution is 2.44. The van der Waals surface area contributed by atoms with Crippen molar-refractivity contribution in [3.63, 3.8) is 0 Å². The van der Waals surface area contributed by atoms with Gasteiger partial charge in [-0.15, -0.1) is 0 Å². The molecule has 1 aliphatic heterocycles. The Balaban J connectivity index is 1.31. The van der Waals surface area contributed by atoms with Gasteiger partial charge < -0.3 is 20.1 Å². The molecule has 2 amide bonds. The summed E-state index contributed by atoms with van der Waals surface area (Å²) < 4.78 is 5.62. The summed E-state index contributed by atoms with van der Waals surface area (Å²) in [6, 6.07) is 16.0. The normalized spacial score (nSPS) is 19.9. The molecule has 0 aromatic heterocycles. The minimum absolute atomic E-state index is 0.0166. The summed E-state index contributed by atoms with van der Waals surface area (Å²) >= 11 is 0. The Bertz CT molecular complexity index is 1020. The Hall–Kier alpha value is -3.35. The molecule has 2 aromatic rings. The highest BCUT2D eigenvalue weighted by Gasteiger charge is 2.34. The first-order valence-electron chi connectivity index (χ1n) is 12.0. The fourth-order valence-corrected chi connectivity index (χ4v) is 5.17. The fourth-order valence-electron chi connectivity index (χ4n) is 5.17. The van der Waals surface area contributed by atoms with Crippen LogP contribution in [0.25, 0.3) is 11.1 Å². The van der Waals surface area contributed by atoms with Gasteiger partial charge in [-0.05, 0) is 40.5 Å². The zero-order valence-electron chi connectivity index (χ0n) is 19.7. The molecule has 4 rings (SSSR count). The number of carboxylic acid groups (broad SMARTS) is 1. The van der Waals surface area contributed by atoms with Crippen LogP contribution >= 0.6 is 0 Å². The van der Waals surface area contributed by atoms with E-state index in [0.29, 0.717) is 19.5 Å². The van der Waals surface area contributed by atoms with Crippen molar-refractivity contribution in [1.82, 2.24) is 10.2 Å². The standard InChI is InChI=1S/C27H32N2O5/c1-3-19(13-25(30)29-14-17(2)18(15-29)12-26(31)32)28-27(33)34-16-24-22-10-6-4-8-20(22)21-9-5-7-11-23(21)24/h4-11,17-19,24H,3,12-16H2,1-2H3,(H,28,33)(H,31,32)/t17?,18?,19-/m1/s1. The lowest BCUT2D eigenvalue weighted by Crippen LogP contribution is -2.40. The third-order valence-electron chi connectivity index (χ3n) is 7.14. The van der Waals surface area contributed by atoms with Gasteiger partial charge in [-0.1, -0.05) is 62.4 Å². The molecule has 3 atom stereocenters. The van der Waals surface area contributed by atoms with E-state index in [1.54, 1.807) is 4.90 Å². The first-order chi connectivity index (χ1) is 16.4. The largest absolute Gasteiger partial charge is 0.481 e. The van der Waals surface area contributed by atoms with Crippen LogP contribution in [0.5, 0.6) is 0 Å². The predicted molar refractivity (Wildman–Crippen MR) is 128 cm³/mol. The Morgan fingerprint density at radius 3 is 2.26 bits per heavy atom. The second-order valence-corrected chi connectivity index (χ2v) is 9.41. The summed E-state index contributed by atoms with van der Waals surface area (Å²) in [5.74, 6) is -0.802. The molecular formula is C27H32N2O5. The summed E-state index contributed by atoms with van der Waals surface area (Å²) in [5.41, 5.74) is 4.64. The lowest BCUT2D eigenvalue weighted by Gasteiger charge is -2.22. The van der Waals surface area contributed by atoms with Crippen molar-refractivity contribution in [3.05, 3.63) is 59.7 Å². The second kappa shape index (κ2) is 10.3. The van der Waals surface area contributed by atoms with E-state index in [2.05, 4.69) is 29.6 Å². The van der Waals surface area contributed by atoms with Crippen molar-refractivity contribution in [3.8, 4) is 11.1 Å². The van der Waals surface area contributed by atoms with Gasteiger partial charge in [-0.3, -0.25) is 9.59 Å². The van der Waals surface area contributed by atoms with Crippen molar-refractivity contribution < 1.29 is 24.2 Å². The van der Waals surface area contributed by atoms with E-state index < -0.39 is 12.1 Å². The molecule has 2 aliphatic rings. The maximum Gasteiger partial charge on any atom is 0.407 e. The Labute approximate surface area is 200 Å². The molecular weight excluding hydrogens is 432 g/mol. The predicted octanol–water partition coefficient (Wildman–Crippen LogP) is 4.26. The summed E-state index contributed by atoms with van der Waals surface area (Å²) in [5, 5.41) is 11.9. The number of carbonyl (C=O) groups excluding carboxylic acids is 2. The summed E-state index contributed by atoms with van der Waals surface area (Å²) in [7, 11) is 0. The van der Waals surface area contributed by atoms with E-state index in [0.717, 1.165) is 11.1 Å². The maximum atomic E-state index is 12.8. The van der Waals surface area contributed by atoms with Gasteiger partial charge in [0.25, 0.3) is 0 Å². The monoisotopic (exact) mass is 464 g/mol. The number of aliphatic carboxylic acids is 1. The van der Waals surface area contributed by atoms with Crippen molar-refractivity contribution in [2.45, 2.75) is 45.1 Å². The van der Waals surface area contributed by atoms with Crippen LogP contribution in [0.4, 0.5) is 4.79 Å². The van der Waals surface area contributed by atoms with Gasteiger partial charge in [0.15, 0.2) is 0 Å². The minimum atomic E-state index is -0.838. The van der Waals surface area contributed by atoms with Crippen LogP contribution in [0.2, 0.25) is 0 Å². The van der Waals surface area contributed by atoms with Crippen LogP contribution in [-0.2, 0) is 14.3 Å². The number of likely N-dealkylation sites (tertiary alicyclic amines) is 1. The van der Waals surface area contributed by atoms with Crippen molar-refractivity contribution in [2.75, 3.05) is 19.7 Å². The molecule has 7 heteroatoms. The number of alkyl carbamates (subject to hydrolysis) is 1. The number of benzene rings is 2. The van der Waals surface area contributed by atoms with E-state index in [9.17, 15) is 14.4 Å². The van der Waals surface area contributed by atoms with E-state index in [4.69, 9.17) is 9.84 Å². The quantitative estimate of drug-likeness (QED) is 0.609. The summed E-state index contributed by atoms with van der Waals surface area (Å²) in [4.78, 5) is 38.2. The summed E-state index contributed by atoms with van der Waals surface area (Å²) in [6.45, 7) is 5.13. The van der Waals surface area contributed by atoms with E-state index in [-0.39, 0.29) is 49.2 Å². The van der Waals surface area contributed by atoms with E-state index in [1.165, 1.54) is 11.1 Å².